The summed E-state index contributed by atoms with van der Waals surface area (Å²) in [6.07, 6.45) is 0.590. The van der Waals surface area contributed by atoms with Gasteiger partial charge in [0.05, 0.1) is 11.3 Å². The number of nitrogens with one attached hydrogen (secondary N) is 2. The van der Waals surface area contributed by atoms with Crippen LogP contribution in [0.2, 0.25) is 0 Å². The fraction of sp³-hybridized carbons (Fsp3) is 0.200. The summed E-state index contributed by atoms with van der Waals surface area (Å²) < 4.78 is 42.6. The quantitative estimate of drug-likeness (QED) is 0.519. The van der Waals surface area contributed by atoms with Gasteiger partial charge in [-0.2, -0.15) is 5.10 Å². The van der Waals surface area contributed by atoms with Gasteiger partial charge >= 0.3 is 12.1 Å². The number of hydrogen-bond donors (Lipinski definition) is 2. The van der Waals surface area contributed by atoms with Gasteiger partial charge in [0.1, 0.15) is 5.75 Å². The van der Waals surface area contributed by atoms with Crippen molar-refractivity contribution < 1.29 is 17.9 Å². The first-order valence-electron chi connectivity index (χ1n) is 9.31. The molecule has 4 aromatic rings. The molecule has 0 unspecified atom stereocenters. The van der Waals surface area contributed by atoms with E-state index >= 15 is 0 Å². The molecular formula is C20H14F3N5O3. The second-order valence-corrected chi connectivity index (χ2v) is 7.23. The average molecular weight is 429 g/mol. The van der Waals surface area contributed by atoms with E-state index in [2.05, 4.69) is 24.8 Å². The van der Waals surface area contributed by atoms with Gasteiger partial charge in [-0.05, 0) is 42.0 Å². The molecule has 1 aliphatic carbocycles. The fourth-order valence-corrected chi connectivity index (χ4v) is 3.77. The molecule has 8 nitrogen and oxygen atoms in total. The van der Waals surface area contributed by atoms with Crippen LogP contribution < -0.4 is 16.0 Å². The van der Waals surface area contributed by atoms with Crippen molar-refractivity contribution in [1.82, 2.24) is 24.6 Å². The van der Waals surface area contributed by atoms with E-state index in [9.17, 15) is 22.8 Å². The molecule has 1 fully saturated rings. The lowest BCUT2D eigenvalue weighted by Crippen LogP contribution is -2.23. The van der Waals surface area contributed by atoms with E-state index in [0.29, 0.717) is 11.3 Å². The van der Waals surface area contributed by atoms with Crippen LogP contribution in [0.1, 0.15) is 29.4 Å². The van der Waals surface area contributed by atoms with Gasteiger partial charge in [-0.3, -0.25) is 9.78 Å². The van der Waals surface area contributed by atoms with Crippen LogP contribution in [0.15, 0.2) is 58.5 Å². The highest BCUT2D eigenvalue weighted by atomic mass is 19.4. The maximum atomic E-state index is 12.4. The summed E-state index contributed by atoms with van der Waals surface area (Å²) in [7, 11) is 0. The molecule has 0 radical (unpaired) electrons. The Kier molecular flexibility index (Phi) is 4.20. The number of H-pyrrole nitrogens is 2. The number of hydrogen-bond acceptors (Lipinski definition) is 5. The van der Waals surface area contributed by atoms with Crippen molar-refractivity contribution >= 4 is 5.65 Å². The van der Waals surface area contributed by atoms with E-state index in [1.807, 2.05) is 0 Å². The Bertz CT molecular complexity index is 1390. The van der Waals surface area contributed by atoms with Gasteiger partial charge in [0.2, 0.25) is 0 Å². The zero-order valence-corrected chi connectivity index (χ0v) is 15.7. The predicted octanol–water partition coefficient (Wildman–Crippen LogP) is 2.94. The third kappa shape index (κ3) is 3.69. The average Bonchev–Trinajstić information content (AvgIpc) is 3.35. The van der Waals surface area contributed by atoms with Crippen LogP contribution in [0.4, 0.5) is 13.2 Å². The summed E-state index contributed by atoms with van der Waals surface area (Å²) in [5.41, 5.74) is 1.78. The van der Waals surface area contributed by atoms with Gasteiger partial charge < -0.3 is 9.72 Å². The van der Waals surface area contributed by atoms with Crippen LogP contribution in [0, 0.1) is 0 Å². The molecule has 5 rings (SSSR count). The number of aromatic nitrogens is 5. The van der Waals surface area contributed by atoms with Gasteiger partial charge in [-0.25, -0.2) is 14.3 Å². The minimum atomic E-state index is -4.73. The molecule has 3 aromatic heterocycles. The largest absolute Gasteiger partial charge is 0.573 e. The summed E-state index contributed by atoms with van der Waals surface area (Å²) in [6, 6.07) is 7.58. The lowest BCUT2D eigenvalue weighted by atomic mass is 10.0. The maximum Gasteiger partial charge on any atom is 0.573 e. The van der Waals surface area contributed by atoms with Gasteiger partial charge in [-0.15, -0.1) is 13.2 Å². The zero-order valence-electron chi connectivity index (χ0n) is 15.7. The standard InChI is InChI=1S/C20H14F3N5O3/c21-20(22,23)31-11-3-1-10(2-4-11)12-7-13(12)14-8-16(27-28-6-5-24-17(14)28)15-9-25-19(30)26-18(15)29/h1-6,8-9,12-13H,7H2,(H2,25,26,29,30)/t12-,13+/m1/s1. The molecule has 0 amide bonds. The normalized spacial score (nSPS) is 18.3. The van der Waals surface area contributed by atoms with Crippen molar-refractivity contribution in [2.75, 3.05) is 0 Å². The van der Waals surface area contributed by atoms with E-state index in [4.69, 9.17) is 0 Å². The highest BCUT2D eigenvalue weighted by Gasteiger charge is 2.41. The molecule has 1 aliphatic rings. The van der Waals surface area contributed by atoms with Crippen LogP contribution in [-0.4, -0.2) is 30.9 Å². The topological polar surface area (TPSA) is 105 Å². The van der Waals surface area contributed by atoms with Gasteiger partial charge in [0.15, 0.2) is 5.65 Å². The smallest absolute Gasteiger partial charge is 0.406 e. The van der Waals surface area contributed by atoms with E-state index in [-0.39, 0.29) is 23.1 Å². The molecule has 2 atom stereocenters. The zero-order chi connectivity index (χ0) is 21.8. The van der Waals surface area contributed by atoms with Crippen LogP contribution in [0.5, 0.6) is 5.75 Å². The summed E-state index contributed by atoms with van der Waals surface area (Å²) >= 11 is 0. The Morgan fingerprint density at radius 3 is 2.61 bits per heavy atom. The highest BCUT2D eigenvalue weighted by molar-refractivity contribution is 5.63. The Morgan fingerprint density at radius 1 is 1.13 bits per heavy atom. The minimum Gasteiger partial charge on any atom is -0.406 e. The molecular weight excluding hydrogens is 415 g/mol. The van der Waals surface area contributed by atoms with Crippen molar-refractivity contribution in [1.29, 1.82) is 0 Å². The summed E-state index contributed by atoms with van der Waals surface area (Å²) in [4.78, 5) is 32.5. The lowest BCUT2D eigenvalue weighted by molar-refractivity contribution is -0.274. The number of benzene rings is 1. The molecule has 158 valence electrons. The first-order chi connectivity index (χ1) is 14.8. The Morgan fingerprint density at radius 2 is 1.90 bits per heavy atom. The number of alkyl halides is 3. The van der Waals surface area contributed by atoms with Crippen LogP contribution in [0.3, 0.4) is 0 Å². The highest BCUT2D eigenvalue weighted by Crippen LogP contribution is 2.55. The van der Waals surface area contributed by atoms with E-state index in [1.54, 1.807) is 35.1 Å². The molecule has 3 heterocycles. The summed E-state index contributed by atoms with van der Waals surface area (Å²) in [5.74, 6) is -0.125. The predicted molar refractivity (Wildman–Crippen MR) is 103 cm³/mol. The monoisotopic (exact) mass is 429 g/mol. The summed E-state index contributed by atoms with van der Waals surface area (Å²) in [5, 5.41) is 4.40. The number of aromatic amines is 2. The van der Waals surface area contributed by atoms with Crippen molar-refractivity contribution in [2.24, 2.45) is 0 Å². The van der Waals surface area contributed by atoms with E-state index in [0.717, 1.165) is 17.5 Å². The molecule has 2 N–H and O–H groups in total. The molecule has 11 heteroatoms. The molecule has 1 aromatic carbocycles. The Labute approximate surface area is 171 Å². The minimum absolute atomic E-state index is 0.0582. The second kappa shape index (κ2) is 6.83. The second-order valence-electron chi connectivity index (χ2n) is 7.23. The number of halogens is 3. The number of rotatable bonds is 4. The first kappa shape index (κ1) is 19.1. The van der Waals surface area contributed by atoms with Gasteiger partial charge in [-0.1, -0.05) is 12.1 Å². The fourth-order valence-electron chi connectivity index (χ4n) is 3.77. The SMILES string of the molecule is O=c1[nH]cc(-c2cc([C@H]3C[C@@H]3c3ccc(OC(F)(F)F)cc3)c3nccn3n2)c(=O)[nH]1. The molecule has 1 saturated carbocycles. The number of imidazole rings is 1. The maximum absolute atomic E-state index is 12.4. The van der Waals surface area contributed by atoms with Crippen molar-refractivity contribution in [3.63, 3.8) is 0 Å². The van der Waals surface area contributed by atoms with Crippen LogP contribution >= 0.6 is 0 Å². The Balaban J connectivity index is 1.48. The molecule has 31 heavy (non-hydrogen) atoms. The first-order valence-corrected chi connectivity index (χ1v) is 9.31. The van der Waals surface area contributed by atoms with E-state index < -0.39 is 17.6 Å². The number of ether oxygens (including phenoxy) is 1. The molecule has 0 spiro atoms. The van der Waals surface area contributed by atoms with Crippen LogP contribution in [-0.2, 0) is 0 Å². The molecule has 0 aliphatic heterocycles. The molecule has 0 saturated heterocycles. The molecule has 0 bridgehead atoms. The number of fused-ring (bicyclic) bond motifs is 1. The van der Waals surface area contributed by atoms with Crippen LogP contribution in [0.25, 0.3) is 16.9 Å². The van der Waals surface area contributed by atoms with E-state index in [1.165, 1.54) is 18.3 Å². The van der Waals surface area contributed by atoms with Gasteiger partial charge in [0, 0.05) is 24.2 Å². The van der Waals surface area contributed by atoms with Gasteiger partial charge in [0.25, 0.3) is 5.56 Å². The number of nitrogens with zero attached hydrogens (tertiary/aromatic N) is 3. The van der Waals surface area contributed by atoms with Crippen molar-refractivity contribution in [2.45, 2.75) is 24.6 Å². The lowest BCUT2D eigenvalue weighted by Gasteiger charge is -2.10. The van der Waals surface area contributed by atoms with Crippen molar-refractivity contribution in [3.05, 3.63) is 80.9 Å². The third-order valence-electron chi connectivity index (χ3n) is 5.21. The third-order valence-corrected chi connectivity index (χ3v) is 5.21. The summed E-state index contributed by atoms with van der Waals surface area (Å²) in [6.45, 7) is 0. The Hall–Kier alpha value is -3.89. The van der Waals surface area contributed by atoms with Crippen molar-refractivity contribution in [3.8, 4) is 17.0 Å².